The van der Waals surface area contributed by atoms with Crippen LogP contribution in [-0.2, 0) is 22.7 Å². The van der Waals surface area contributed by atoms with Crippen LogP contribution in [0.2, 0.25) is 5.02 Å². The summed E-state index contributed by atoms with van der Waals surface area (Å²) in [5.41, 5.74) is 4.71. The number of ether oxygens (including phenoxy) is 2. The van der Waals surface area contributed by atoms with Crippen LogP contribution >= 0.6 is 22.9 Å². The summed E-state index contributed by atoms with van der Waals surface area (Å²) in [7, 11) is 0. The van der Waals surface area contributed by atoms with E-state index in [2.05, 4.69) is 34.9 Å². The Hall–Kier alpha value is -2.49. The molecule has 0 amide bonds. The number of aliphatic hydroxyl groups is 1. The van der Waals surface area contributed by atoms with Crippen molar-refractivity contribution >= 4 is 34.4 Å². The molecule has 9 heteroatoms. The molecule has 2 aliphatic rings. The summed E-state index contributed by atoms with van der Waals surface area (Å²) in [4.78, 5) is 21.0. The van der Waals surface area contributed by atoms with Gasteiger partial charge in [-0.05, 0) is 54.7 Å². The number of halogens is 1. The number of aromatic nitrogens is 1. The largest absolute Gasteiger partial charge is 0.488 e. The second-order valence-electron chi connectivity index (χ2n) is 10.2. The summed E-state index contributed by atoms with van der Waals surface area (Å²) in [6.07, 6.45) is 2.16. The van der Waals surface area contributed by atoms with Crippen molar-refractivity contribution in [1.29, 1.82) is 0 Å². The molecule has 202 valence electrons. The molecule has 0 unspecified atom stereocenters. The number of carbonyl (C=O) groups excluding carboxylic acids is 1. The van der Waals surface area contributed by atoms with E-state index in [0.717, 1.165) is 66.8 Å². The zero-order valence-electron chi connectivity index (χ0n) is 21.7. The number of hydrogen-bond donors (Lipinski definition) is 1. The van der Waals surface area contributed by atoms with Crippen LogP contribution in [-0.4, -0.2) is 67.3 Å². The molecule has 3 aromatic rings. The maximum Gasteiger partial charge on any atom is 0.185 e. The molecule has 0 atom stereocenters. The first kappa shape index (κ1) is 27.1. The number of aliphatic hydroxyl groups excluding tert-OH is 1. The van der Waals surface area contributed by atoms with E-state index in [0.29, 0.717) is 37.6 Å². The van der Waals surface area contributed by atoms with Gasteiger partial charge in [0.2, 0.25) is 0 Å². The smallest absolute Gasteiger partial charge is 0.185 e. The number of morpholine rings is 1. The third-order valence-electron chi connectivity index (χ3n) is 7.60. The number of anilines is 1. The van der Waals surface area contributed by atoms with Crippen LogP contribution in [0.3, 0.4) is 0 Å². The monoisotopic (exact) mass is 555 g/mol. The predicted octanol–water partition coefficient (Wildman–Crippen LogP) is 4.96. The summed E-state index contributed by atoms with van der Waals surface area (Å²) in [6, 6.07) is 12.2. The molecule has 0 radical (unpaired) electrons. The van der Waals surface area contributed by atoms with Crippen LogP contribution in [0.5, 0.6) is 5.75 Å². The molecule has 0 bridgehead atoms. The second kappa shape index (κ2) is 12.1. The van der Waals surface area contributed by atoms with Crippen LogP contribution in [0, 0.1) is 12.3 Å². The molecule has 0 saturated carbocycles. The number of aldehydes is 1. The van der Waals surface area contributed by atoms with E-state index in [4.69, 9.17) is 26.1 Å². The highest BCUT2D eigenvalue weighted by atomic mass is 35.5. The van der Waals surface area contributed by atoms with Crippen LogP contribution in [0.15, 0.2) is 41.8 Å². The number of piperidine rings is 1. The maximum absolute atomic E-state index is 11.5. The average molecular weight is 556 g/mol. The SMILES string of the molecule is Cc1cc(CN2CCOCC2)ccc1COc1ccc(Cl)cc1-c1csc(N2CCC(C=O)(CO)CC2)n1. The van der Waals surface area contributed by atoms with Gasteiger partial charge in [0.15, 0.2) is 5.13 Å². The first-order chi connectivity index (χ1) is 18.5. The van der Waals surface area contributed by atoms with Gasteiger partial charge in [0.1, 0.15) is 18.6 Å². The van der Waals surface area contributed by atoms with Crippen LogP contribution < -0.4 is 9.64 Å². The molecule has 2 saturated heterocycles. The van der Waals surface area contributed by atoms with Gasteiger partial charge < -0.3 is 24.3 Å². The number of hydrogen-bond acceptors (Lipinski definition) is 8. The highest BCUT2D eigenvalue weighted by Crippen LogP contribution is 2.38. The van der Waals surface area contributed by atoms with Gasteiger partial charge in [-0.25, -0.2) is 4.98 Å². The average Bonchev–Trinajstić information content (AvgIpc) is 3.44. The minimum Gasteiger partial charge on any atom is -0.488 e. The molecule has 2 aliphatic heterocycles. The molecule has 5 rings (SSSR count). The van der Waals surface area contributed by atoms with Gasteiger partial charge in [-0.3, -0.25) is 4.90 Å². The fraction of sp³-hybridized carbons (Fsp3) is 0.448. The Bertz CT molecular complexity index is 1250. The number of aryl methyl sites for hydroxylation is 1. The summed E-state index contributed by atoms with van der Waals surface area (Å²) in [5.74, 6) is 0.738. The minimum absolute atomic E-state index is 0.104. The van der Waals surface area contributed by atoms with Crippen LogP contribution in [0.1, 0.15) is 29.5 Å². The standard InChI is InChI=1S/C29H34ClN3O4S/c1-21-14-22(16-32-10-12-36-13-11-32)2-3-23(21)17-37-27-5-4-24(30)15-25(27)26-18-38-28(31-26)33-8-6-29(19-34,20-35)7-9-33/h2-5,14-15,18-19,35H,6-13,16-17,20H2,1H3. The van der Waals surface area contributed by atoms with E-state index in [-0.39, 0.29) is 6.61 Å². The van der Waals surface area contributed by atoms with Crippen molar-refractivity contribution < 1.29 is 19.4 Å². The molecule has 1 N–H and O–H groups in total. The molecular formula is C29H34ClN3O4S. The van der Waals surface area contributed by atoms with Gasteiger partial charge in [-0.1, -0.05) is 29.8 Å². The fourth-order valence-electron chi connectivity index (χ4n) is 5.01. The summed E-state index contributed by atoms with van der Waals surface area (Å²) in [6.45, 7) is 8.34. The van der Waals surface area contributed by atoms with Gasteiger partial charge in [-0.15, -0.1) is 11.3 Å². The van der Waals surface area contributed by atoms with Gasteiger partial charge in [-0.2, -0.15) is 0 Å². The quantitative estimate of drug-likeness (QED) is 0.374. The Labute approximate surface area is 233 Å². The van der Waals surface area contributed by atoms with Gasteiger partial charge in [0, 0.05) is 48.7 Å². The lowest BCUT2D eigenvalue weighted by Crippen LogP contribution is -2.43. The Morgan fingerprint density at radius 1 is 1.16 bits per heavy atom. The summed E-state index contributed by atoms with van der Waals surface area (Å²) < 4.78 is 11.8. The Kier molecular flexibility index (Phi) is 8.65. The van der Waals surface area contributed by atoms with E-state index >= 15 is 0 Å². The van der Waals surface area contributed by atoms with Crippen molar-refractivity contribution in [2.75, 3.05) is 50.9 Å². The summed E-state index contributed by atoms with van der Waals surface area (Å²) in [5, 5.41) is 13.2. The first-order valence-electron chi connectivity index (χ1n) is 13.1. The zero-order chi connectivity index (χ0) is 26.5. The van der Waals surface area contributed by atoms with Gasteiger partial charge in [0.25, 0.3) is 0 Å². The van der Waals surface area contributed by atoms with Crippen molar-refractivity contribution in [1.82, 2.24) is 9.88 Å². The van der Waals surface area contributed by atoms with E-state index in [1.807, 2.05) is 23.6 Å². The number of carbonyl (C=O) groups is 1. The zero-order valence-corrected chi connectivity index (χ0v) is 23.3. The molecule has 2 aromatic carbocycles. The molecule has 0 spiro atoms. The topological polar surface area (TPSA) is 75.1 Å². The highest BCUT2D eigenvalue weighted by molar-refractivity contribution is 7.14. The van der Waals surface area contributed by atoms with Crippen molar-refractivity contribution in [2.24, 2.45) is 5.41 Å². The van der Waals surface area contributed by atoms with E-state index in [9.17, 15) is 9.90 Å². The van der Waals surface area contributed by atoms with Crippen molar-refractivity contribution in [3.8, 4) is 17.0 Å². The van der Waals surface area contributed by atoms with Crippen molar-refractivity contribution in [3.05, 3.63) is 63.5 Å². The van der Waals surface area contributed by atoms with E-state index in [1.54, 1.807) is 11.3 Å². The van der Waals surface area contributed by atoms with E-state index in [1.165, 1.54) is 11.1 Å². The van der Waals surface area contributed by atoms with Crippen LogP contribution in [0.4, 0.5) is 5.13 Å². The number of benzene rings is 2. The number of thiazole rings is 1. The third kappa shape index (κ3) is 6.21. The number of rotatable bonds is 9. The Balaban J connectivity index is 1.26. The van der Waals surface area contributed by atoms with Crippen molar-refractivity contribution in [2.45, 2.75) is 32.9 Å². The van der Waals surface area contributed by atoms with Gasteiger partial charge in [0.05, 0.1) is 30.9 Å². The first-order valence-corrected chi connectivity index (χ1v) is 14.3. The number of nitrogens with zero attached hydrogens (tertiary/aromatic N) is 3. The second-order valence-corrected chi connectivity index (χ2v) is 11.5. The lowest BCUT2D eigenvalue weighted by molar-refractivity contribution is -0.119. The highest BCUT2D eigenvalue weighted by Gasteiger charge is 2.34. The maximum atomic E-state index is 11.5. The Morgan fingerprint density at radius 3 is 2.66 bits per heavy atom. The predicted molar refractivity (Wildman–Crippen MR) is 151 cm³/mol. The molecular weight excluding hydrogens is 522 g/mol. The van der Waals surface area contributed by atoms with Crippen molar-refractivity contribution in [3.63, 3.8) is 0 Å². The Morgan fingerprint density at radius 2 is 1.95 bits per heavy atom. The molecule has 38 heavy (non-hydrogen) atoms. The minimum atomic E-state index is -0.622. The molecule has 7 nitrogen and oxygen atoms in total. The normalized spacial score (nSPS) is 17.9. The molecule has 2 fully saturated rings. The molecule has 0 aliphatic carbocycles. The lowest BCUT2D eigenvalue weighted by atomic mass is 9.81. The molecule has 1 aromatic heterocycles. The fourth-order valence-corrected chi connectivity index (χ4v) is 6.06. The van der Waals surface area contributed by atoms with Crippen LogP contribution in [0.25, 0.3) is 11.3 Å². The van der Waals surface area contributed by atoms with Gasteiger partial charge >= 0.3 is 0 Å². The lowest BCUT2D eigenvalue weighted by Gasteiger charge is -2.36. The van der Waals surface area contributed by atoms with E-state index < -0.39 is 5.41 Å². The molecule has 3 heterocycles. The third-order valence-corrected chi connectivity index (χ3v) is 8.74. The summed E-state index contributed by atoms with van der Waals surface area (Å²) >= 11 is 7.93.